The molecule has 4 rings (SSSR count). The normalized spacial score (nSPS) is 17.1. The number of aromatic nitrogens is 1. The smallest absolute Gasteiger partial charge is 0.300 e. The molecule has 190 valence electrons. The van der Waals surface area contributed by atoms with E-state index in [2.05, 4.69) is 10.3 Å². The van der Waals surface area contributed by atoms with Crippen LogP contribution >= 0.6 is 0 Å². The van der Waals surface area contributed by atoms with Crippen molar-refractivity contribution in [3.8, 4) is 5.75 Å². The minimum absolute atomic E-state index is 0.0991. The average Bonchev–Trinajstić information content (AvgIpc) is 3.13. The maximum absolute atomic E-state index is 13.5. The number of carbonyl (C=O) groups is 3. The molecule has 0 bridgehead atoms. The molecule has 1 unspecified atom stereocenters. The highest BCUT2D eigenvalue weighted by Crippen LogP contribution is 2.43. The Labute approximate surface area is 215 Å². The number of anilines is 2. The lowest BCUT2D eigenvalue weighted by atomic mass is 9.85. The number of nitrogens with zero attached hydrogens (tertiary/aromatic N) is 2. The van der Waals surface area contributed by atoms with E-state index in [0.29, 0.717) is 28.4 Å². The maximum atomic E-state index is 13.5. The fraction of sp³-hybridized carbons (Fsp3) is 0.241. The summed E-state index contributed by atoms with van der Waals surface area (Å²) in [7, 11) is 1.48. The zero-order chi connectivity index (χ0) is 26.9. The lowest BCUT2D eigenvalue weighted by Crippen LogP contribution is -2.30. The summed E-state index contributed by atoms with van der Waals surface area (Å²) in [4.78, 5) is 44.2. The molecule has 8 heteroatoms. The highest BCUT2D eigenvalue weighted by Gasteiger charge is 2.48. The van der Waals surface area contributed by atoms with E-state index in [4.69, 9.17) is 4.74 Å². The summed E-state index contributed by atoms with van der Waals surface area (Å²) in [6.07, 6.45) is 1.56. The molecular weight excluding hydrogens is 470 g/mol. The summed E-state index contributed by atoms with van der Waals surface area (Å²) in [6, 6.07) is 16.2. The number of aliphatic hydroxyl groups excluding tert-OH is 1. The van der Waals surface area contributed by atoms with Crippen molar-refractivity contribution in [1.29, 1.82) is 0 Å². The lowest BCUT2D eigenvalue weighted by Gasteiger charge is -2.25. The summed E-state index contributed by atoms with van der Waals surface area (Å²) in [5.74, 6) is -1.92. The number of amides is 2. The molecule has 1 aliphatic rings. The second-order valence-electron chi connectivity index (χ2n) is 9.82. The van der Waals surface area contributed by atoms with Crippen molar-refractivity contribution in [3.05, 3.63) is 89.3 Å². The number of carbonyl (C=O) groups excluding carboxylic acids is 3. The first-order valence-corrected chi connectivity index (χ1v) is 11.8. The van der Waals surface area contributed by atoms with Gasteiger partial charge in [0.05, 0.1) is 23.9 Å². The van der Waals surface area contributed by atoms with Crippen LogP contribution in [0.15, 0.2) is 72.4 Å². The minimum Gasteiger partial charge on any atom is -0.507 e. The van der Waals surface area contributed by atoms with Crippen LogP contribution in [-0.2, 0) is 19.8 Å². The largest absolute Gasteiger partial charge is 0.507 e. The molecule has 1 atom stereocenters. The van der Waals surface area contributed by atoms with Gasteiger partial charge >= 0.3 is 0 Å². The fourth-order valence-corrected chi connectivity index (χ4v) is 4.36. The lowest BCUT2D eigenvalue weighted by molar-refractivity contribution is -0.132. The minimum atomic E-state index is -1.00. The number of rotatable bonds is 5. The Morgan fingerprint density at radius 2 is 1.81 bits per heavy atom. The van der Waals surface area contributed by atoms with Crippen molar-refractivity contribution in [2.75, 3.05) is 17.3 Å². The third kappa shape index (κ3) is 4.95. The van der Waals surface area contributed by atoms with E-state index in [-0.39, 0.29) is 22.7 Å². The summed E-state index contributed by atoms with van der Waals surface area (Å²) in [5.41, 5.74) is 2.13. The van der Waals surface area contributed by atoms with Crippen molar-refractivity contribution in [2.24, 2.45) is 0 Å². The molecule has 0 radical (unpaired) electrons. The van der Waals surface area contributed by atoms with Gasteiger partial charge in [-0.05, 0) is 53.4 Å². The first-order valence-electron chi connectivity index (χ1n) is 11.8. The Morgan fingerprint density at radius 1 is 1.05 bits per heavy atom. The second-order valence-corrected chi connectivity index (χ2v) is 9.82. The van der Waals surface area contributed by atoms with Gasteiger partial charge in [0.15, 0.2) is 0 Å². The topological polar surface area (TPSA) is 109 Å². The number of ether oxygens (including phenoxy) is 1. The summed E-state index contributed by atoms with van der Waals surface area (Å²) < 4.78 is 5.50. The summed E-state index contributed by atoms with van der Waals surface area (Å²) in [6.45, 7) is 7.49. The molecule has 8 nitrogen and oxygen atoms in total. The van der Waals surface area contributed by atoms with Gasteiger partial charge in [0.2, 0.25) is 5.91 Å². The second kappa shape index (κ2) is 9.89. The van der Waals surface area contributed by atoms with Crippen LogP contribution in [0.3, 0.4) is 0 Å². The number of Topliss-reactive ketones (excluding diaryl/α,β-unsaturated/α-hetero) is 1. The Bertz CT molecular complexity index is 1410. The summed E-state index contributed by atoms with van der Waals surface area (Å²) in [5, 5.41) is 14.3. The molecular formula is C29H29N3O5. The van der Waals surface area contributed by atoms with Gasteiger partial charge in [-0.15, -0.1) is 0 Å². The van der Waals surface area contributed by atoms with E-state index >= 15 is 0 Å². The SMILES string of the molecule is COc1ccc(C(C)(C)C)cc1/C(O)=C1\C(=O)C(=O)N(c2cccc(NC(C)=O)c2)C1c1ccccn1. The Kier molecular flexibility index (Phi) is 6.85. The number of hydrogen-bond donors (Lipinski definition) is 2. The first kappa shape index (κ1) is 25.6. The molecule has 0 saturated carbocycles. The molecule has 1 fully saturated rings. The first-order chi connectivity index (χ1) is 17.5. The molecule has 2 N–H and O–H groups in total. The molecule has 2 heterocycles. The van der Waals surface area contributed by atoms with Crippen molar-refractivity contribution in [3.63, 3.8) is 0 Å². The number of nitrogens with one attached hydrogen (secondary N) is 1. The number of hydrogen-bond acceptors (Lipinski definition) is 6. The highest BCUT2D eigenvalue weighted by atomic mass is 16.5. The zero-order valence-corrected chi connectivity index (χ0v) is 21.4. The molecule has 37 heavy (non-hydrogen) atoms. The molecule has 1 aliphatic heterocycles. The Hall–Kier alpha value is -4.46. The van der Waals surface area contributed by atoms with E-state index in [9.17, 15) is 19.5 Å². The number of ketones is 1. The molecule has 1 saturated heterocycles. The zero-order valence-electron chi connectivity index (χ0n) is 21.4. The van der Waals surface area contributed by atoms with Crippen LogP contribution in [0.25, 0.3) is 5.76 Å². The van der Waals surface area contributed by atoms with Gasteiger partial charge in [0, 0.05) is 24.5 Å². The number of methoxy groups -OCH3 is 1. The molecule has 1 aromatic heterocycles. The van der Waals surface area contributed by atoms with Gasteiger partial charge < -0.3 is 15.2 Å². The van der Waals surface area contributed by atoms with Gasteiger partial charge in [-0.1, -0.05) is 39.0 Å². The van der Waals surface area contributed by atoms with Gasteiger partial charge in [-0.2, -0.15) is 0 Å². The van der Waals surface area contributed by atoms with Gasteiger partial charge in [0.25, 0.3) is 11.7 Å². The fourth-order valence-electron chi connectivity index (χ4n) is 4.36. The van der Waals surface area contributed by atoms with Crippen molar-refractivity contribution >= 4 is 34.7 Å². The number of benzene rings is 2. The van der Waals surface area contributed by atoms with Crippen molar-refractivity contribution in [2.45, 2.75) is 39.2 Å². The average molecular weight is 500 g/mol. The predicted octanol–water partition coefficient (Wildman–Crippen LogP) is 4.97. The molecule has 0 spiro atoms. The van der Waals surface area contributed by atoms with Crippen LogP contribution < -0.4 is 15.0 Å². The summed E-state index contributed by atoms with van der Waals surface area (Å²) >= 11 is 0. The molecule has 2 aromatic carbocycles. The van der Waals surface area contributed by atoms with Crippen molar-refractivity contribution < 1.29 is 24.2 Å². The van der Waals surface area contributed by atoms with E-state index in [1.165, 1.54) is 18.9 Å². The Balaban J connectivity index is 1.96. The van der Waals surface area contributed by atoms with Crippen LogP contribution in [-0.4, -0.2) is 34.8 Å². The maximum Gasteiger partial charge on any atom is 0.300 e. The predicted molar refractivity (Wildman–Crippen MR) is 141 cm³/mol. The third-order valence-electron chi connectivity index (χ3n) is 6.18. The van der Waals surface area contributed by atoms with E-state index in [1.807, 2.05) is 26.8 Å². The van der Waals surface area contributed by atoms with E-state index in [0.717, 1.165) is 5.56 Å². The van der Waals surface area contributed by atoms with E-state index in [1.54, 1.807) is 60.8 Å². The third-order valence-corrected chi connectivity index (χ3v) is 6.18. The van der Waals surface area contributed by atoms with Crippen LogP contribution in [0.1, 0.15) is 50.6 Å². The number of pyridine rings is 1. The van der Waals surface area contributed by atoms with Crippen LogP contribution in [0.5, 0.6) is 5.75 Å². The highest BCUT2D eigenvalue weighted by molar-refractivity contribution is 6.51. The Morgan fingerprint density at radius 3 is 2.43 bits per heavy atom. The molecule has 2 amide bonds. The molecule has 3 aromatic rings. The van der Waals surface area contributed by atoms with Gasteiger partial charge in [-0.25, -0.2) is 0 Å². The van der Waals surface area contributed by atoms with Gasteiger partial charge in [-0.3, -0.25) is 24.3 Å². The van der Waals surface area contributed by atoms with Crippen LogP contribution in [0.2, 0.25) is 0 Å². The van der Waals surface area contributed by atoms with Crippen LogP contribution in [0.4, 0.5) is 11.4 Å². The quantitative estimate of drug-likeness (QED) is 0.291. The van der Waals surface area contributed by atoms with Crippen LogP contribution in [0, 0.1) is 0 Å². The standard InChI is InChI=1S/C29H29N3O5/c1-17(33)31-19-9-8-10-20(16-19)32-25(22-11-6-7-14-30-22)24(27(35)28(32)36)26(34)21-15-18(29(2,3)4)12-13-23(21)37-5/h6-16,25,34H,1-5H3,(H,31,33)/b26-24+. The monoisotopic (exact) mass is 499 g/mol. The molecule has 0 aliphatic carbocycles. The van der Waals surface area contributed by atoms with E-state index < -0.39 is 17.7 Å². The van der Waals surface area contributed by atoms with Gasteiger partial charge in [0.1, 0.15) is 17.6 Å². The van der Waals surface area contributed by atoms with Crippen molar-refractivity contribution in [1.82, 2.24) is 4.98 Å². The number of aliphatic hydroxyl groups is 1.